The molecule has 0 bridgehead atoms. The van der Waals surface area contributed by atoms with Crippen LogP contribution in [0.1, 0.15) is 17.1 Å². The van der Waals surface area contributed by atoms with Gasteiger partial charge in [0, 0.05) is 48.9 Å². The molecule has 3 aliphatic heterocycles. The number of benzene rings is 1. The Balaban J connectivity index is 1.23. The molecule has 3 aliphatic rings. The number of aromatic nitrogens is 4. The fraction of sp³-hybridized carbons (Fsp3) is 0.458. The quantitative estimate of drug-likeness (QED) is 0.519. The molecule has 0 saturated carbocycles. The normalized spacial score (nSPS) is 18.8. The molecule has 0 atom stereocenters. The maximum absolute atomic E-state index is 13.2. The van der Waals surface area contributed by atoms with E-state index in [0.717, 1.165) is 49.1 Å². The Morgan fingerprint density at radius 3 is 2.50 bits per heavy atom. The van der Waals surface area contributed by atoms with Gasteiger partial charge in [-0.25, -0.2) is 4.98 Å². The van der Waals surface area contributed by atoms with Gasteiger partial charge >= 0.3 is 6.18 Å². The number of halogens is 4. The van der Waals surface area contributed by atoms with E-state index in [-0.39, 0.29) is 18.5 Å². The number of aryl methyl sites for hydroxylation is 1. The highest BCUT2D eigenvalue weighted by atomic mass is 35.5. The molecule has 0 N–H and O–H groups in total. The lowest BCUT2D eigenvalue weighted by molar-refractivity contribution is -0.148. The third-order valence-electron chi connectivity index (χ3n) is 7.04. The van der Waals surface area contributed by atoms with Crippen molar-refractivity contribution in [2.45, 2.75) is 26.2 Å². The molecular formula is C24H25ClF3N7O. The SMILES string of the molecule is COc1ccc(C)nc1N1CC2(C1)CN(c1nnc3n1-c1ccc(Cl)cc1CN(CC(F)(F)F)C3)C2. The van der Waals surface area contributed by atoms with Crippen LogP contribution in [-0.2, 0) is 13.1 Å². The van der Waals surface area contributed by atoms with Crippen LogP contribution in [0.3, 0.4) is 0 Å². The third-order valence-corrected chi connectivity index (χ3v) is 7.28. The predicted octanol–water partition coefficient (Wildman–Crippen LogP) is 3.84. The van der Waals surface area contributed by atoms with Gasteiger partial charge in [-0.15, -0.1) is 10.2 Å². The second kappa shape index (κ2) is 8.24. The van der Waals surface area contributed by atoms with Crippen molar-refractivity contribution in [2.24, 2.45) is 5.41 Å². The number of hydrogen-bond acceptors (Lipinski definition) is 7. The number of fused-ring (bicyclic) bond motifs is 3. The number of pyridine rings is 1. The fourth-order valence-corrected chi connectivity index (χ4v) is 5.75. The molecule has 3 aromatic rings. The van der Waals surface area contributed by atoms with E-state index < -0.39 is 12.7 Å². The van der Waals surface area contributed by atoms with Crippen LogP contribution in [-0.4, -0.2) is 70.7 Å². The molecule has 8 nitrogen and oxygen atoms in total. The van der Waals surface area contributed by atoms with E-state index in [0.29, 0.717) is 22.4 Å². The van der Waals surface area contributed by atoms with E-state index in [4.69, 9.17) is 16.3 Å². The average Bonchev–Trinajstić information content (AvgIpc) is 3.07. The van der Waals surface area contributed by atoms with Gasteiger partial charge in [0.2, 0.25) is 5.95 Å². The lowest BCUT2D eigenvalue weighted by atomic mass is 9.73. The highest BCUT2D eigenvalue weighted by molar-refractivity contribution is 6.30. The van der Waals surface area contributed by atoms with Crippen molar-refractivity contribution in [1.29, 1.82) is 0 Å². The lowest BCUT2D eigenvalue weighted by Gasteiger charge is -2.60. The van der Waals surface area contributed by atoms with Crippen LogP contribution in [0.15, 0.2) is 30.3 Å². The van der Waals surface area contributed by atoms with E-state index in [2.05, 4.69) is 25.0 Å². The number of methoxy groups -OCH3 is 1. The molecule has 12 heteroatoms. The van der Waals surface area contributed by atoms with Crippen LogP contribution >= 0.6 is 11.6 Å². The minimum absolute atomic E-state index is 0.0460. The monoisotopic (exact) mass is 519 g/mol. The van der Waals surface area contributed by atoms with Crippen molar-refractivity contribution < 1.29 is 17.9 Å². The lowest BCUT2D eigenvalue weighted by Crippen LogP contribution is -2.73. The standard InChI is InChI=1S/C24H25ClF3N7O/c1-15-3-6-19(36-2)21(29-15)33-10-23(11-33)12-34(13-23)22-31-30-20-9-32(14-24(26,27)28)8-16-7-17(25)4-5-18(16)35(20)22/h3-7H,8-14H2,1-2H3. The predicted molar refractivity (Wildman–Crippen MR) is 129 cm³/mol. The molecule has 2 fully saturated rings. The Bertz CT molecular complexity index is 1310. The fourth-order valence-electron chi connectivity index (χ4n) is 5.56. The summed E-state index contributed by atoms with van der Waals surface area (Å²) in [6, 6.07) is 9.18. The summed E-state index contributed by atoms with van der Waals surface area (Å²) in [4.78, 5) is 10.4. The van der Waals surface area contributed by atoms with Gasteiger partial charge in [-0.2, -0.15) is 13.2 Å². The molecule has 0 amide bonds. The smallest absolute Gasteiger partial charge is 0.401 e. The van der Waals surface area contributed by atoms with E-state index in [1.807, 2.05) is 29.7 Å². The summed E-state index contributed by atoms with van der Waals surface area (Å²) in [5.74, 6) is 2.75. The van der Waals surface area contributed by atoms with E-state index >= 15 is 0 Å². The average molecular weight is 520 g/mol. The van der Waals surface area contributed by atoms with Crippen LogP contribution < -0.4 is 14.5 Å². The van der Waals surface area contributed by atoms with E-state index in [1.54, 1.807) is 19.2 Å². The second-order valence-electron chi connectivity index (χ2n) is 9.98. The van der Waals surface area contributed by atoms with Crippen LogP contribution in [0.2, 0.25) is 5.02 Å². The molecule has 0 radical (unpaired) electrons. The molecule has 6 rings (SSSR count). The molecular weight excluding hydrogens is 495 g/mol. The largest absolute Gasteiger partial charge is 0.493 e. The number of alkyl halides is 3. The number of rotatable bonds is 4. The zero-order valence-corrected chi connectivity index (χ0v) is 20.6. The molecule has 2 aromatic heterocycles. The van der Waals surface area contributed by atoms with Crippen LogP contribution in [0.5, 0.6) is 5.75 Å². The van der Waals surface area contributed by atoms with Gasteiger partial charge in [0.25, 0.3) is 0 Å². The first-order valence-electron chi connectivity index (χ1n) is 11.7. The highest BCUT2D eigenvalue weighted by Gasteiger charge is 2.54. The van der Waals surface area contributed by atoms with Crippen molar-refractivity contribution >= 4 is 23.4 Å². The summed E-state index contributed by atoms with van der Waals surface area (Å²) in [6.45, 7) is 4.37. The summed E-state index contributed by atoms with van der Waals surface area (Å²) in [6.07, 6.45) is -4.31. The molecule has 190 valence electrons. The Labute approximate surface area is 211 Å². The summed E-state index contributed by atoms with van der Waals surface area (Å²) in [7, 11) is 1.65. The Hall–Kier alpha value is -3.05. The zero-order chi connectivity index (χ0) is 25.2. The van der Waals surface area contributed by atoms with E-state index in [9.17, 15) is 13.2 Å². The number of hydrogen-bond donors (Lipinski definition) is 0. The number of anilines is 2. The topological polar surface area (TPSA) is 62.6 Å². The van der Waals surface area contributed by atoms with Gasteiger partial charge < -0.3 is 14.5 Å². The van der Waals surface area contributed by atoms with Crippen molar-refractivity contribution in [3.05, 3.63) is 52.4 Å². The first-order chi connectivity index (χ1) is 17.1. The molecule has 2 saturated heterocycles. The van der Waals surface area contributed by atoms with Crippen molar-refractivity contribution in [3.63, 3.8) is 0 Å². The maximum atomic E-state index is 13.2. The Kier molecular flexibility index (Phi) is 5.34. The Morgan fingerprint density at radius 2 is 1.78 bits per heavy atom. The Morgan fingerprint density at radius 1 is 1.03 bits per heavy atom. The van der Waals surface area contributed by atoms with Gasteiger partial charge in [0.1, 0.15) is 0 Å². The molecule has 1 aromatic carbocycles. The number of nitrogens with zero attached hydrogens (tertiary/aromatic N) is 7. The minimum atomic E-state index is -4.31. The first kappa shape index (κ1) is 23.4. The zero-order valence-electron chi connectivity index (χ0n) is 19.9. The molecule has 5 heterocycles. The molecule has 0 aliphatic carbocycles. The summed E-state index contributed by atoms with van der Waals surface area (Å²) in [5, 5.41) is 9.19. The van der Waals surface area contributed by atoms with Crippen LogP contribution in [0.25, 0.3) is 5.69 Å². The second-order valence-corrected chi connectivity index (χ2v) is 10.4. The number of ether oxygens (including phenoxy) is 1. The van der Waals surface area contributed by atoms with Crippen molar-refractivity contribution in [1.82, 2.24) is 24.6 Å². The highest BCUT2D eigenvalue weighted by Crippen LogP contribution is 2.45. The van der Waals surface area contributed by atoms with Gasteiger partial charge in [0.05, 0.1) is 25.9 Å². The van der Waals surface area contributed by atoms with Crippen molar-refractivity contribution in [2.75, 3.05) is 49.6 Å². The van der Waals surface area contributed by atoms with Crippen molar-refractivity contribution in [3.8, 4) is 11.4 Å². The van der Waals surface area contributed by atoms with Crippen LogP contribution in [0, 0.1) is 12.3 Å². The summed E-state index contributed by atoms with van der Waals surface area (Å²) in [5.41, 5.74) is 2.53. The molecule has 36 heavy (non-hydrogen) atoms. The minimum Gasteiger partial charge on any atom is -0.493 e. The van der Waals surface area contributed by atoms with Crippen LogP contribution in [0.4, 0.5) is 24.9 Å². The van der Waals surface area contributed by atoms with Gasteiger partial charge in [0.15, 0.2) is 17.4 Å². The van der Waals surface area contributed by atoms with E-state index in [1.165, 1.54) is 4.90 Å². The molecule has 1 spiro atoms. The first-order valence-corrected chi connectivity index (χ1v) is 12.0. The van der Waals surface area contributed by atoms with Gasteiger partial charge in [-0.3, -0.25) is 9.47 Å². The summed E-state index contributed by atoms with van der Waals surface area (Å²) >= 11 is 6.20. The third kappa shape index (κ3) is 4.03. The van der Waals surface area contributed by atoms with Gasteiger partial charge in [-0.1, -0.05) is 11.6 Å². The summed E-state index contributed by atoms with van der Waals surface area (Å²) < 4.78 is 47.0. The van der Waals surface area contributed by atoms with Gasteiger partial charge in [-0.05, 0) is 42.8 Å². The molecule has 0 unspecified atom stereocenters. The maximum Gasteiger partial charge on any atom is 0.401 e.